The van der Waals surface area contributed by atoms with E-state index in [2.05, 4.69) is 10.6 Å². The number of nitro benzene ring substituents is 1. The molecule has 2 N–H and O–H groups in total. The number of alkyl carbamates (subject to hydrolysis) is 1. The Bertz CT molecular complexity index is 673. The predicted molar refractivity (Wildman–Crippen MR) is 103 cm³/mol. The number of nitro groups is 1. The van der Waals surface area contributed by atoms with E-state index in [-0.39, 0.29) is 16.3 Å². The van der Waals surface area contributed by atoms with Gasteiger partial charge < -0.3 is 15.4 Å². The van der Waals surface area contributed by atoms with E-state index >= 15 is 0 Å². The monoisotopic (exact) mass is 399 g/mol. The third-order valence-electron chi connectivity index (χ3n) is 3.46. The predicted octanol–water partition coefficient (Wildman–Crippen LogP) is 4.06. The van der Waals surface area contributed by atoms with Gasteiger partial charge in [0.15, 0.2) is 0 Å². The minimum Gasteiger partial charge on any atom is -0.444 e. The second kappa shape index (κ2) is 10.7. The molecule has 1 aromatic rings. The van der Waals surface area contributed by atoms with Gasteiger partial charge in [-0.25, -0.2) is 4.79 Å². The summed E-state index contributed by atoms with van der Waals surface area (Å²) in [6.07, 6.45) is 2.90. The molecule has 0 fully saturated rings. The average Bonchev–Trinajstić information content (AvgIpc) is 2.55. The minimum absolute atomic E-state index is 0.0902. The van der Waals surface area contributed by atoms with Crippen LogP contribution in [0.5, 0.6) is 0 Å². The van der Waals surface area contributed by atoms with Gasteiger partial charge in [0.05, 0.1) is 15.5 Å². The van der Waals surface area contributed by atoms with Crippen LogP contribution in [0.15, 0.2) is 18.2 Å². The zero-order chi connectivity index (χ0) is 20.4. The highest BCUT2D eigenvalue weighted by atomic mass is 35.5. The molecule has 1 rings (SSSR count). The molecule has 0 aromatic heterocycles. The molecular weight excluding hydrogens is 374 g/mol. The van der Waals surface area contributed by atoms with Crippen LogP contribution in [0.4, 0.5) is 10.5 Å². The van der Waals surface area contributed by atoms with E-state index < -0.39 is 22.5 Å². The van der Waals surface area contributed by atoms with E-state index in [0.717, 1.165) is 25.7 Å². The first-order valence-corrected chi connectivity index (χ1v) is 9.17. The maximum Gasteiger partial charge on any atom is 0.407 e. The highest BCUT2D eigenvalue weighted by Crippen LogP contribution is 2.21. The SMILES string of the molecule is CC(C)(C)OC(=O)NCCCCCCNC(=O)c1cc([N+](=O)[O-])ccc1Cl. The van der Waals surface area contributed by atoms with Crippen molar-refractivity contribution in [3.63, 3.8) is 0 Å². The summed E-state index contributed by atoms with van der Waals surface area (Å²) >= 11 is 5.93. The number of benzene rings is 1. The number of hydrogen-bond donors (Lipinski definition) is 2. The Hall–Kier alpha value is -2.35. The summed E-state index contributed by atoms with van der Waals surface area (Å²) in [5, 5.41) is 16.3. The van der Waals surface area contributed by atoms with Crippen molar-refractivity contribution in [3.05, 3.63) is 38.9 Å². The fourth-order valence-corrected chi connectivity index (χ4v) is 2.41. The first-order chi connectivity index (χ1) is 12.6. The number of unbranched alkanes of at least 4 members (excludes halogenated alkanes) is 3. The summed E-state index contributed by atoms with van der Waals surface area (Å²) in [6, 6.07) is 3.76. The molecule has 27 heavy (non-hydrogen) atoms. The molecule has 8 nitrogen and oxygen atoms in total. The van der Waals surface area contributed by atoms with Gasteiger partial charge in [-0.05, 0) is 39.7 Å². The topological polar surface area (TPSA) is 111 Å². The zero-order valence-electron chi connectivity index (χ0n) is 15.8. The van der Waals surface area contributed by atoms with Gasteiger partial charge in [0.25, 0.3) is 11.6 Å². The van der Waals surface area contributed by atoms with E-state index in [1.807, 2.05) is 20.8 Å². The molecule has 0 saturated heterocycles. The first-order valence-electron chi connectivity index (χ1n) is 8.79. The van der Waals surface area contributed by atoms with Crippen LogP contribution < -0.4 is 10.6 Å². The number of hydrogen-bond acceptors (Lipinski definition) is 5. The van der Waals surface area contributed by atoms with Gasteiger partial charge in [-0.3, -0.25) is 14.9 Å². The lowest BCUT2D eigenvalue weighted by molar-refractivity contribution is -0.384. The fourth-order valence-electron chi connectivity index (χ4n) is 2.21. The lowest BCUT2D eigenvalue weighted by Crippen LogP contribution is -2.33. The van der Waals surface area contributed by atoms with Gasteiger partial charge >= 0.3 is 6.09 Å². The minimum atomic E-state index is -0.571. The molecular formula is C18H26ClN3O5. The van der Waals surface area contributed by atoms with Gasteiger partial charge in [-0.2, -0.15) is 0 Å². The van der Waals surface area contributed by atoms with E-state index in [1.54, 1.807) is 0 Å². The third kappa shape index (κ3) is 9.23. The number of nitrogens with zero attached hydrogens (tertiary/aromatic N) is 1. The second-order valence-corrected chi connectivity index (χ2v) is 7.43. The number of halogens is 1. The Labute approximate surface area is 163 Å². The Morgan fingerprint density at radius 3 is 2.26 bits per heavy atom. The maximum absolute atomic E-state index is 12.1. The van der Waals surface area contributed by atoms with Crippen molar-refractivity contribution in [2.24, 2.45) is 0 Å². The summed E-state index contributed by atoms with van der Waals surface area (Å²) in [7, 11) is 0. The molecule has 0 radical (unpaired) electrons. The zero-order valence-corrected chi connectivity index (χ0v) is 16.6. The van der Waals surface area contributed by atoms with Crippen molar-refractivity contribution in [2.45, 2.75) is 52.1 Å². The van der Waals surface area contributed by atoms with Crippen LogP contribution >= 0.6 is 11.6 Å². The number of non-ortho nitro benzene ring substituents is 1. The highest BCUT2D eigenvalue weighted by Gasteiger charge is 2.16. The molecule has 0 saturated carbocycles. The lowest BCUT2D eigenvalue weighted by Gasteiger charge is -2.19. The average molecular weight is 400 g/mol. The summed E-state index contributed by atoms with van der Waals surface area (Å²) in [5.74, 6) is -0.435. The van der Waals surface area contributed by atoms with Gasteiger partial charge in [0.2, 0.25) is 0 Å². The molecule has 0 aliphatic heterocycles. The molecule has 150 valence electrons. The normalized spacial score (nSPS) is 11.0. The maximum atomic E-state index is 12.1. The molecule has 0 bridgehead atoms. The quantitative estimate of drug-likeness (QED) is 0.369. The van der Waals surface area contributed by atoms with Crippen molar-refractivity contribution in [3.8, 4) is 0 Å². The van der Waals surface area contributed by atoms with Crippen molar-refractivity contribution >= 4 is 29.3 Å². The number of carbonyl (C=O) groups excluding carboxylic acids is 2. The molecule has 2 amide bonds. The summed E-state index contributed by atoms with van der Waals surface area (Å²) in [5.41, 5.74) is -0.598. The summed E-state index contributed by atoms with van der Waals surface area (Å²) in [6.45, 7) is 6.40. The van der Waals surface area contributed by atoms with Gasteiger partial charge in [0.1, 0.15) is 5.60 Å². The Morgan fingerprint density at radius 1 is 1.11 bits per heavy atom. The number of carbonyl (C=O) groups is 2. The third-order valence-corrected chi connectivity index (χ3v) is 3.79. The molecule has 0 aliphatic carbocycles. The van der Waals surface area contributed by atoms with E-state index in [0.29, 0.717) is 13.1 Å². The lowest BCUT2D eigenvalue weighted by atomic mass is 10.1. The second-order valence-electron chi connectivity index (χ2n) is 7.02. The molecule has 0 aliphatic rings. The molecule has 9 heteroatoms. The van der Waals surface area contributed by atoms with Crippen LogP contribution in [0.1, 0.15) is 56.8 Å². The van der Waals surface area contributed by atoms with Crippen LogP contribution in [-0.2, 0) is 4.74 Å². The van der Waals surface area contributed by atoms with Crippen molar-refractivity contribution in [1.29, 1.82) is 0 Å². The Balaban J connectivity index is 2.20. The molecule has 0 unspecified atom stereocenters. The number of amides is 2. The van der Waals surface area contributed by atoms with E-state index in [1.165, 1.54) is 18.2 Å². The summed E-state index contributed by atoms with van der Waals surface area (Å²) < 4.78 is 5.13. The van der Waals surface area contributed by atoms with Crippen molar-refractivity contribution < 1.29 is 19.2 Å². The molecule has 1 aromatic carbocycles. The first kappa shape index (κ1) is 22.7. The van der Waals surface area contributed by atoms with Crippen LogP contribution in [-0.4, -0.2) is 35.6 Å². The van der Waals surface area contributed by atoms with Gasteiger partial charge in [-0.1, -0.05) is 24.4 Å². The standard InChI is InChI=1S/C18H26ClN3O5/c1-18(2,3)27-17(24)21-11-7-5-4-6-10-20-16(23)14-12-13(22(25)26)8-9-15(14)19/h8-9,12H,4-7,10-11H2,1-3H3,(H,20,23)(H,21,24). The van der Waals surface area contributed by atoms with Crippen LogP contribution in [0.3, 0.4) is 0 Å². The van der Waals surface area contributed by atoms with Gasteiger partial charge in [-0.15, -0.1) is 0 Å². The van der Waals surface area contributed by atoms with E-state index in [4.69, 9.17) is 16.3 Å². The molecule has 0 atom stereocenters. The number of nitrogens with one attached hydrogen (secondary N) is 2. The number of ether oxygens (including phenoxy) is 1. The van der Waals surface area contributed by atoms with Crippen LogP contribution in [0.2, 0.25) is 5.02 Å². The van der Waals surface area contributed by atoms with Crippen molar-refractivity contribution in [1.82, 2.24) is 10.6 Å². The largest absolute Gasteiger partial charge is 0.444 e. The Kier molecular flexibility index (Phi) is 9.00. The van der Waals surface area contributed by atoms with Crippen LogP contribution in [0.25, 0.3) is 0 Å². The summed E-state index contributed by atoms with van der Waals surface area (Å²) in [4.78, 5) is 33.8. The molecule has 0 spiro atoms. The van der Waals surface area contributed by atoms with Crippen LogP contribution in [0, 0.1) is 10.1 Å². The van der Waals surface area contributed by atoms with Crippen molar-refractivity contribution in [2.75, 3.05) is 13.1 Å². The smallest absolute Gasteiger partial charge is 0.407 e. The van der Waals surface area contributed by atoms with Gasteiger partial charge in [0, 0.05) is 25.2 Å². The number of rotatable bonds is 9. The fraction of sp³-hybridized carbons (Fsp3) is 0.556. The highest BCUT2D eigenvalue weighted by molar-refractivity contribution is 6.33. The van der Waals surface area contributed by atoms with E-state index in [9.17, 15) is 19.7 Å². The Morgan fingerprint density at radius 2 is 1.70 bits per heavy atom. The molecule has 0 heterocycles.